The lowest BCUT2D eigenvalue weighted by Crippen LogP contribution is -2.29. The van der Waals surface area contributed by atoms with Gasteiger partial charge in [0.1, 0.15) is 0 Å². The number of hydrogen-bond acceptors (Lipinski definition) is 4. The van der Waals surface area contributed by atoms with Crippen molar-refractivity contribution < 1.29 is 15.3 Å². The van der Waals surface area contributed by atoms with E-state index in [2.05, 4.69) is 13.8 Å². The van der Waals surface area contributed by atoms with E-state index < -0.39 is 0 Å². The van der Waals surface area contributed by atoms with Crippen LogP contribution < -0.4 is 0 Å². The lowest BCUT2D eigenvalue weighted by Gasteiger charge is -2.30. The molecule has 1 aliphatic rings. The Morgan fingerprint density at radius 2 is 1.69 bits per heavy atom. The van der Waals surface area contributed by atoms with Crippen molar-refractivity contribution in [2.45, 2.75) is 45.6 Å². The van der Waals surface area contributed by atoms with E-state index in [1.165, 1.54) is 0 Å². The van der Waals surface area contributed by atoms with Crippen molar-refractivity contribution in [1.82, 2.24) is 5.39 Å². The summed E-state index contributed by atoms with van der Waals surface area (Å²) in [5.41, 5.74) is 0. The van der Waals surface area contributed by atoms with Crippen LogP contribution in [0.1, 0.15) is 39.5 Å². The first-order valence-corrected chi connectivity index (χ1v) is 4.94. The van der Waals surface area contributed by atoms with Gasteiger partial charge in [0.15, 0.2) is 0 Å². The average molecular weight is 189 g/mol. The van der Waals surface area contributed by atoms with Crippen molar-refractivity contribution in [3.05, 3.63) is 0 Å². The molecule has 0 bridgehead atoms. The molecule has 0 unspecified atom stereocenters. The molecular weight excluding hydrogens is 170 g/mol. The third-order valence-corrected chi connectivity index (χ3v) is 2.91. The van der Waals surface area contributed by atoms with Gasteiger partial charge in [-0.1, -0.05) is 13.8 Å². The molecule has 4 nitrogen and oxygen atoms in total. The Kier molecular flexibility index (Phi) is 4.12. The van der Waals surface area contributed by atoms with E-state index in [1.54, 1.807) is 0 Å². The SMILES string of the molecule is CC(C)[C@H]1CC[C@H](ON(O)O)CC1. The van der Waals surface area contributed by atoms with Gasteiger partial charge in [-0.2, -0.15) is 0 Å². The van der Waals surface area contributed by atoms with E-state index in [0.29, 0.717) is 0 Å². The van der Waals surface area contributed by atoms with E-state index in [1.807, 2.05) is 0 Å². The third kappa shape index (κ3) is 3.60. The zero-order valence-electron chi connectivity index (χ0n) is 8.31. The van der Waals surface area contributed by atoms with Gasteiger partial charge in [-0.3, -0.25) is 10.4 Å². The van der Waals surface area contributed by atoms with Crippen LogP contribution in [-0.2, 0) is 4.84 Å². The fraction of sp³-hybridized carbons (Fsp3) is 1.00. The van der Waals surface area contributed by atoms with Crippen molar-refractivity contribution in [1.29, 1.82) is 0 Å². The van der Waals surface area contributed by atoms with Gasteiger partial charge < -0.3 is 0 Å². The Morgan fingerprint density at radius 1 is 1.15 bits per heavy atom. The average Bonchev–Trinajstić information content (AvgIpc) is 2.04. The molecule has 0 heterocycles. The molecule has 0 aromatic rings. The molecule has 0 amide bonds. The first-order valence-electron chi connectivity index (χ1n) is 4.94. The summed E-state index contributed by atoms with van der Waals surface area (Å²) in [6.07, 6.45) is 4.05. The Labute approximate surface area is 79.0 Å². The van der Waals surface area contributed by atoms with Crippen molar-refractivity contribution >= 4 is 0 Å². The van der Waals surface area contributed by atoms with E-state index in [9.17, 15) is 0 Å². The molecule has 1 saturated carbocycles. The molecule has 1 aliphatic carbocycles. The molecule has 0 spiro atoms. The first-order chi connectivity index (χ1) is 6.09. The lowest BCUT2D eigenvalue weighted by molar-refractivity contribution is -0.506. The minimum absolute atomic E-state index is 0.0231. The Hall–Kier alpha value is -0.160. The predicted molar refractivity (Wildman–Crippen MR) is 47.1 cm³/mol. The van der Waals surface area contributed by atoms with Crippen molar-refractivity contribution in [2.75, 3.05) is 0 Å². The topological polar surface area (TPSA) is 52.9 Å². The van der Waals surface area contributed by atoms with Crippen LogP contribution in [0, 0.1) is 11.8 Å². The van der Waals surface area contributed by atoms with Gasteiger partial charge in [0.25, 0.3) is 0 Å². The summed E-state index contributed by atoms with van der Waals surface area (Å²) in [5.74, 6) is 1.49. The summed E-state index contributed by atoms with van der Waals surface area (Å²) in [7, 11) is 0. The number of rotatable bonds is 3. The Balaban J connectivity index is 2.22. The molecule has 0 aromatic heterocycles. The van der Waals surface area contributed by atoms with Crippen LogP contribution >= 0.6 is 0 Å². The number of hydrogen-bond donors (Lipinski definition) is 2. The van der Waals surface area contributed by atoms with E-state index in [0.717, 1.165) is 37.5 Å². The van der Waals surface area contributed by atoms with Crippen LogP contribution in [0.3, 0.4) is 0 Å². The highest BCUT2D eigenvalue weighted by atomic mass is 17.1. The smallest absolute Gasteiger partial charge is 0.0844 e. The van der Waals surface area contributed by atoms with Gasteiger partial charge in [-0.25, -0.2) is 4.84 Å². The molecule has 0 aliphatic heterocycles. The summed E-state index contributed by atoms with van der Waals surface area (Å²) in [6, 6.07) is 0. The van der Waals surface area contributed by atoms with E-state index in [-0.39, 0.29) is 11.5 Å². The highest BCUT2D eigenvalue weighted by Gasteiger charge is 2.24. The van der Waals surface area contributed by atoms with Crippen LogP contribution in [0.25, 0.3) is 0 Å². The zero-order chi connectivity index (χ0) is 9.84. The summed E-state index contributed by atoms with van der Waals surface area (Å²) in [5, 5.41) is 16.7. The van der Waals surface area contributed by atoms with Gasteiger partial charge in [-0.05, 0) is 37.5 Å². The molecule has 1 fully saturated rings. The zero-order valence-corrected chi connectivity index (χ0v) is 8.31. The Bertz CT molecular complexity index is 142. The van der Waals surface area contributed by atoms with E-state index >= 15 is 0 Å². The van der Waals surface area contributed by atoms with Gasteiger partial charge >= 0.3 is 0 Å². The summed E-state index contributed by atoms with van der Waals surface area (Å²) >= 11 is 0. The quantitative estimate of drug-likeness (QED) is 0.668. The third-order valence-electron chi connectivity index (χ3n) is 2.91. The highest BCUT2D eigenvalue weighted by Crippen LogP contribution is 2.31. The van der Waals surface area contributed by atoms with Crippen LogP contribution in [0.2, 0.25) is 0 Å². The second kappa shape index (κ2) is 4.91. The molecule has 0 aromatic carbocycles. The number of nitrogens with zero attached hydrogens (tertiary/aromatic N) is 1. The first kappa shape index (κ1) is 10.9. The maximum Gasteiger partial charge on any atom is 0.0844 e. The predicted octanol–water partition coefficient (Wildman–Crippen LogP) is 2.21. The van der Waals surface area contributed by atoms with Crippen molar-refractivity contribution in [3.63, 3.8) is 0 Å². The van der Waals surface area contributed by atoms with Gasteiger partial charge in [-0.15, -0.1) is 0 Å². The highest BCUT2D eigenvalue weighted by molar-refractivity contribution is 4.74. The fourth-order valence-corrected chi connectivity index (χ4v) is 1.99. The molecular formula is C9H19NO3. The molecule has 4 heteroatoms. The molecule has 78 valence electrons. The van der Waals surface area contributed by atoms with Crippen molar-refractivity contribution in [2.24, 2.45) is 11.8 Å². The molecule has 0 radical (unpaired) electrons. The van der Waals surface area contributed by atoms with Gasteiger partial charge in [0, 0.05) is 0 Å². The maximum atomic E-state index is 8.45. The van der Waals surface area contributed by atoms with Crippen molar-refractivity contribution in [3.8, 4) is 0 Å². The second-order valence-corrected chi connectivity index (χ2v) is 4.14. The minimum atomic E-state index is -0.166. The minimum Gasteiger partial charge on any atom is -0.266 e. The summed E-state index contributed by atoms with van der Waals surface area (Å²) < 4.78 is 0. The summed E-state index contributed by atoms with van der Waals surface area (Å²) in [4.78, 5) is 4.76. The molecule has 2 N–H and O–H groups in total. The van der Waals surface area contributed by atoms with Crippen LogP contribution in [-0.4, -0.2) is 21.9 Å². The monoisotopic (exact) mass is 189 g/mol. The normalized spacial score (nSPS) is 30.0. The van der Waals surface area contributed by atoms with Crippen LogP contribution in [0.5, 0.6) is 0 Å². The summed E-state index contributed by atoms with van der Waals surface area (Å²) in [6.45, 7) is 4.46. The van der Waals surface area contributed by atoms with Gasteiger partial charge in [0.2, 0.25) is 0 Å². The molecule has 0 atom stereocenters. The second-order valence-electron chi connectivity index (χ2n) is 4.14. The molecule has 1 rings (SSSR count). The molecule has 0 saturated heterocycles. The molecule has 13 heavy (non-hydrogen) atoms. The Morgan fingerprint density at radius 3 is 2.08 bits per heavy atom. The standard InChI is InChI=1S/C9H19NO3/c1-7(2)8-3-5-9(6-4-8)13-10(11)12/h7-9,11-12H,3-6H2,1-2H3/t8-,9-. The maximum absolute atomic E-state index is 8.45. The van der Waals surface area contributed by atoms with E-state index in [4.69, 9.17) is 15.3 Å². The van der Waals surface area contributed by atoms with Crippen LogP contribution in [0.4, 0.5) is 0 Å². The largest absolute Gasteiger partial charge is 0.266 e. The fourth-order valence-electron chi connectivity index (χ4n) is 1.99. The van der Waals surface area contributed by atoms with Gasteiger partial charge in [0.05, 0.1) is 11.5 Å². The lowest BCUT2D eigenvalue weighted by atomic mass is 9.81. The van der Waals surface area contributed by atoms with Crippen LogP contribution in [0.15, 0.2) is 0 Å².